The molecule has 19 heavy (non-hydrogen) atoms. The van der Waals surface area contributed by atoms with E-state index < -0.39 is 0 Å². The van der Waals surface area contributed by atoms with E-state index in [1.165, 1.54) is 70.0 Å². The van der Waals surface area contributed by atoms with Crippen LogP contribution in [0.15, 0.2) is 11.6 Å². The summed E-state index contributed by atoms with van der Waals surface area (Å²) in [6, 6.07) is 0. The van der Waals surface area contributed by atoms with E-state index in [1.54, 1.807) is 0 Å². The van der Waals surface area contributed by atoms with Gasteiger partial charge in [-0.3, -0.25) is 0 Å². The summed E-state index contributed by atoms with van der Waals surface area (Å²) in [6.45, 7) is 5.61. The molecular formula is C17H32N2. The third-order valence-corrected chi connectivity index (χ3v) is 5.08. The highest BCUT2D eigenvalue weighted by Crippen LogP contribution is 2.30. The maximum atomic E-state index is 5.68. The molecule has 2 nitrogen and oxygen atoms in total. The van der Waals surface area contributed by atoms with Crippen molar-refractivity contribution in [3.63, 3.8) is 0 Å². The van der Waals surface area contributed by atoms with Gasteiger partial charge in [-0.1, -0.05) is 37.8 Å². The average molecular weight is 264 g/mol. The Kier molecular flexibility index (Phi) is 6.39. The van der Waals surface area contributed by atoms with Crippen LogP contribution in [0.1, 0.15) is 58.3 Å². The van der Waals surface area contributed by atoms with E-state index >= 15 is 0 Å². The predicted octanol–water partition coefficient (Wildman–Crippen LogP) is 3.48. The van der Waals surface area contributed by atoms with Crippen molar-refractivity contribution in [2.75, 3.05) is 19.6 Å². The van der Waals surface area contributed by atoms with Crippen molar-refractivity contribution in [1.29, 1.82) is 0 Å². The van der Waals surface area contributed by atoms with Gasteiger partial charge in [-0.2, -0.15) is 0 Å². The fourth-order valence-electron chi connectivity index (χ4n) is 3.75. The Morgan fingerprint density at radius 2 is 2.16 bits per heavy atom. The molecule has 0 radical (unpaired) electrons. The Bertz CT molecular complexity index is 285. The van der Waals surface area contributed by atoms with Crippen LogP contribution < -0.4 is 11.1 Å². The lowest BCUT2D eigenvalue weighted by atomic mass is 9.81. The molecule has 2 unspecified atom stereocenters. The third kappa shape index (κ3) is 5.27. The zero-order valence-electron chi connectivity index (χ0n) is 12.7. The van der Waals surface area contributed by atoms with E-state index in [4.69, 9.17) is 5.73 Å². The third-order valence-electron chi connectivity index (χ3n) is 5.08. The van der Waals surface area contributed by atoms with Crippen LogP contribution in [0, 0.1) is 17.8 Å². The molecule has 2 aliphatic rings. The number of hydrogen-bond acceptors (Lipinski definition) is 2. The Hall–Kier alpha value is -0.340. The molecule has 0 spiro atoms. The fourth-order valence-corrected chi connectivity index (χ4v) is 3.75. The lowest BCUT2D eigenvalue weighted by molar-refractivity contribution is 0.265. The van der Waals surface area contributed by atoms with Crippen molar-refractivity contribution < 1.29 is 0 Å². The summed E-state index contributed by atoms with van der Waals surface area (Å²) in [4.78, 5) is 0. The van der Waals surface area contributed by atoms with Crippen LogP contribution in [-0.2, 0) is 0 Å². The molecule has 0 saturated heterocycles. The molecule has 2 heteroatoms. The van der Waals surface area contributed by atoms with Crippen molar-refractivity contribution in [3.05, 3.63) is 11.6 Å². The maximum absolute atomic E-state index is 5.68. The van der Waals surface area contributed by atoms with Crippen molar-refractivity contribution in [1.82, 2.24) is 5.32 Å². The summed E-state index contributed by atoms with van der Waals surface area (Å²) in [6.07, 6.45) is 13.4. The maximum Gasteiger partial charge on any atom is 0.0136 e. The molecule has 2 aliphatic carbocycles. The fraction of sp³-hybridized carbons (Fsp3) is 0.882. The molecule has 1 saturated carbocycles. The second-order valence-electron chi connectivity index (χ2n) is 6.84. The van der Waals surface area contributed by atoms with Crippen LogP contribution in [0.3, 0.4) is 0 Å². The first kappa shape index (κ1) is 15.1. The van der Waals surface area contributed by atoms with E-state index in [0.29, 0.717) is 0 Å². The number of allylic oxidation sites excluding steroid dienone is 1. The molecule has 3 N–H and O–H groups in total. The normalized spacial score (nSPS) is 32.1. The van der Waals surface area contributed by atoms with Crippen molar-refractivity contribution in [2.24, 2.45) is 23.5 Å². The number of nitrogens with two attached hydrogens (primary N) is 1. The highest BCUT2D eigenvalue weighted by molar-refractivity contribution is 5.07. The Morgan fingerprint density at radius 1 is 1.26 bits per heavy atom. The van der Waals surface area contributed by atoms with Gasteiger partial charge in [0.25, 0.3) is 0 Å². The van der Waals surface area contributed by atoms with Gasteiger partial charge in [-0.05, 0) is 62.9 Å². The molecular weight excluding hydrogens is 232 g/mol. The van der Waals surface area contributed by atoms with E-state index in [2.05, 4.69) is 18.3 Å². The first-order valence-electron chi connectivity index (χ1n) is 8.36. The van der Waals surface area contributed by atoms with Gasteiger partial charge in [0.1, 0.15) is 0 Å². The highest BCUT2D eigenvalue weighted by Gasteiger charge is 2.18. The molecule has 0 bridgehead atoms. The minimum absolute atomic E-state index is 0.764. The van der Waals surface area contributed by atoms with Gasteiger partial charge < -0.3 is 11.1 Å². The number of nitrogens with one attached hydrogen (secondary N) is 1. The minimum atomic E-state index is 0.764. The second-order valence-corrected chi connectivity index (χ2v) is 6.84. The van der Waals surface area contributed by atoms with Gasteiger partial charge in [-0.15, -0.1) is 0 Å². The predicted molar refractivity (Wildman–Crippen MR) is 83.1 cm³/mol. The monoisotopic (exact) mass is 264 g/mol. The Morgan fingerprint density at radius 3 is 2.84 bits per heavy atom. The molecule has 0 amide bonds. The van der Waals surface area contributed by atoms with Crippen molar-refractivity contribution >= 4 is 0 Å². The Balaban J connectivity index is 1.54. The smallest absolute Gasteiger partial charge is 0.0136 e. The van der Waals surface area contributed by atoms with Crippen LogP contribution in [0.25, 0.3) is 0 Å². The first-order valence-corrected chi connectivity index (χ1v) is 8.36. The van der Waals surface area contributed by atoms with Gasteiger partial charge in [0.2, 0.25) is 0 Å². The molecule has 0 aromatic heterocycles. The highest BCUT2D eigenvalue weighted by atomic mass is 14.9. The van der Waals surface area contributed by atoms with E-state index in [9.17, 15) is 0 Å². The summed E-state index contributed by atoms with van der Waals surface area (Å²) in [5, 5.41) is 3.69. The second kappa shape index (κ2) is 8.06. The summed E-state index contributed by atoms with van der Waals surface area (Å²) < 4.78 is 0. The van der Waals surface area contributed by atoms with Crippen LogP contribution in [0.4, 0.5) is 0 Å². The average Bonchev–Trinajstić information content (AvgIpc) is 2.44. The van der Waals surface area contributed by atoms with Crippen LogP contribution in [0.5, 0.6) is 0 Å². The zero-order chi connectivity index (χ0) is 13.5. The lowest BCUT2D eigenvalue weighted by Gasteiger charge is -2.27. The van der Waals surface area contributed by atoms with E-state index in [1.807, 2.05) is 0 Å². The van der Waals surface area contributed by atoms with Crippen LogP contribution >= 0.6 is 0 Å². The summed E-state index contributed by atoms with van der Waals surface area (Å²) in [5.41, 5.74) is 7.15. The van der Waals surface area contributed by atoms with Gasteiger partial charge >= 0.3 is 0 Å². The summed E-state index contributed by atoms with van der Waals surface area (Å²) in [5.74, 6) is 2.81. The van der Waals surface area contributed by atoms with Crippen LogP contribution in [-0.4, -0.2) is 19.6 Å². The largest absolute Gasteiger partial charge is 0.327 e. The number of rotatable bonds is 6. The first-order chi connectivity index (χ1) is 9.28. The van der Waals surface area contributed by atoms with Crippen molar-refractivity contribution in [3.8, 4) is 0 Å². The van der Waals surface area contributed by atoms with E-state index in [-0.39, 0.29) is 0 Å². The quantitative estimate of drug-likeness (QED) is 0.569. The lowest BCUT2D eigenvalue weighted by Crippen LogP contribution is -2.27. The molecule has 3 atom stereocenters. The van der Waals surface area contributed by atoms with Gasteiger partial charge in [0.15, 0.2) is 0 Å². The van der Waals surface area contributed by atoms with Crippen LogP contribution in [0.2, 0.25) is 0 Å². The molecule has 110 valence electrons. The molecule has 0 aromatic carbocycles. The van der Waals surface area contributed by atoms with Gasteiger partial charge in [0, 0.05) is 6.54 Å². The molecule has 0 aromatic rings. The summed E-state index contributed by atoms with van der Waals surface area (Å²) >= 11 is 0. The Labute approximate surface area is 119 Å². The minimum Gasteiger partial charge on any atom is -0.327 e. The molecule has 2 rings (SSSR count). The summed E-state index contributed by atoms with van der Waals surface area (Å²) in [7, 11) is 0. The molecule has 0 heterocycles. The van der Waals surface area contributed by atoms with Crippen molar-refractivity contribution in [2.45, 2.75) is 58.3 Å². The van der Waals surface area contributed by atoms with Gasteiger partial charge in [-0.25, -0.2) is 0 Å². The zero-order valence-corrected chi connectivity index (χ0v) is 12.7. The SMILES string of the molecule is C[C@H]1CCCC(CCNCC2CC=C(CN)CC2)C1. The van der Waals surface area contributed by atoms with Gasteiger partial charge in [0.05, 0.1) is 0 Å². The topological polar surface area (TPSA) is 38.0 Å². The number of hydrogen-bond donors (Lipinski definition) is 2. The standard InChI is InChI=1S/C17H32N2/c1-14-3-2-4-15(11-14)9-10-19-13-17-7-5-16(12-18)6-8-17/h5,14-15,17,19H,2-4,6-13,18H2,1H3/t14-,15?,17?/m0/s1. The molecule has 1 fully saturated rings. The van der Waals surface area contributed by atoms with E-state index in [0.717, 1.165) is 24.3 Å². The molecule has 0 aliphatic heterocycles.